The fourth-order valence-electron chi connectivity index (χ4n) is 1.28. The van der Waals surface area contributed by atoms with E-state index in [2.05, 4.69) is 41.8 Å². The molecule has 1 radical (unpaired) electrons. The molecule has 1 aromatic carbocycles. The van der Waals surface area contributed by atoms with Gasteiger partial charge in [-0.05, 0) is 0 Å². The van der Waals surface area contributed by atoms with Crippen LogP contribution in [0.15, 0.2) is 35.3 Å². The van der Waals surface area contributed by atoms with Gasteiger partial charge in [0, 0.05) is 0 Å². The summed E-state index contributed by atoms with van der Waals surface area (Å²) in [7, 11) is 0. The number of benzene rings is 1. The molecule has 0 N–H and O–H groups in total. The van der Waals surface area contributed by atoms with Crippen LogP contribution in [0.5, 0.6) is 0 Å². The van der Waals surface area contributed by atoms with Crippen molar-refractivity contribution in [3.63, 3.8) is 0 Å². The molecule has 0 saturated carbocycles. The number of nitrogens with zero attached hydrogens (tertiary/aromatic N) is 1. The Morgan fingerprint density at radius 2 is 1.88 bits per heavy atom. The van der Waals surface area contributed by atoms with E-state index in [9.17, 15) is 0 Å². The van der Waals surface area contributed by atoms with Gasteiger partial charge in [-0.2, -0.15) is 0 Å². The van der Waals surface area contributed by atoms with Gasteiger partial charge < -0.3 is 0 Å². The van der Waals surface area contributed by atoms with Crippen LogP contribution in [0, 0.1) is 5.41 Å². The van der Waals surface area contributed by atoms with Crippen molar-refractivity contribution >= 4 is 20.6 Å². The van der Waals surface area contributed by atoms with Crippen LogP contribution in [0.25, 0.3) is 0 Å². The molecule has 0 bridgehead atoms. The van der Waals surface area contributed by atoms with Crippen molar-refractivity contribution in [2.45, 2.75) is 33.9 Å². The van der Waals surface area contributed by atoms with E-state index in [0.29, 0.717) is 6.61 Å². The molecule has 93 valence electrons. The Kier molecular flexibility index (Phi) is 5.38. The SMILES string of the molecule is CCOC(/N=C(\[Se])C(C)(C)C)c1ccccc1. The van der Waals surface area contributed by atoms with Crippen LogP contribution < -0.4 is 0 Å². The minimum absolute atomic E-state index is 0.0319. The first-order valence-corrected chi connectivity index (χ1v) is 6.72. The zero-order chi connectivity index (χ0) is 12.9. The van der Waals surface area contributed by atoms with Crippen molar-refractivity contribution in [1.29, 1.82) is 0 Å². The van der Waals surface area contributed by atoms with E-state index >= 15 is 0 Å². The van der Waals surface area contributed by atoms with E-state index in [1.54, 1.807) is 0 Å². The van der Waals surface area contributed by atoms with Crippen LogP contribution in [0.1, 0.15) is 39.5 Å². The molecule has 0 aliphatic carbocycles. The zero-order valence-corrected chi connectivity index (χ0v) is 12.6. The fraction of sp³-hybridized carbons (Fsp3) is 0.500. The summed E-state index contributed by atoms with van der Waals surface area (Å²) in [5, 5.41) is 0. The zero-order valence-electron chi connectivity index (χ0n) is 10.9. The van der Waals surface area contributed by atoms with Crippen LogP contribution in [0.2, 0.25) is 0 Å². The predicted octanol–water partition coefficient (Wildman–Crippen LogP) is 3.33. The molecule has 0 aromatic heterocycles. The Balaban J connectivity index is 2.95. The first kappa shape index (κ1) is 14.4. The maximum atomic E-state index is 5.69. The fourth-order valence-corrected chi connectivity index (χ4v) is 1.48. The van der Waals surface area contributed by atoms with Crippen molar-refractivity contribution in [2.24, 2.45) is 10.4 Å². The normalized spacial score (nSPS) is 14.7. The molecule has 17 heavy (non-hydrogen) atoms. The summed E-state index contributed by atoms with van der Waals surface area (Å²) >= 11 is 3.05. The molecule has 0 aliphatic rings. The van der Waals surface area contributed by atoms with Gasteiger partial charge in [0.2, 0.25) is 0 Å². The molecule has 3 heteroatoms. The molecule has 0 spiro atoms. The third kappa shape index (κ3) is 4.63. The van der Waals surface area contributed by atoms with Crippen molar-refractivity contribution in [1.82, 2.24) is 0 Å². The first-order valence-electron chi connectivity index (χ1n) is 5.87. The van der Waals surface area contributed by atoms with Crippen LogP contribution in [-0.2, 0) is 4.74 Å². The molecule has 1 unspecified atom stereocenters. The Labute approximate surface area is 112 Å². The second-order valence-electron chi connectivity index (χ2n) is 4.90. The van der Waals surface area contributed by atoms with Crippen molar-refractivity contribution in [2.75, 3.05) is 6.61 Å². The van der Waals surface area contributed by atoms with E-state index in [1.807, 2.05) is 37.3 Å². The molecule has 1 aromatic rings. The predicted molar refractivity (Wildman–Crippen MR) is 73.5 cm³/mol. The number of ether oxygens (including phenoxy) is 1. The number of aliphatic imine (C=N–C) groups is 1. The van der Waals surface area contributed by atoms with Gasteiger partial charge >= 0.3 is 112 Å². The second kappa shape index (κ2) is 6.34. The molecule has 0 heterocycles. The molecular weight excluding hydrogens is 277 g/mol. The Morgan fingerprint density at radius 3 is 2.35 bits per heavy atom. The van der Waals surface area contributed by atoms with Crippen molar-refractivity contribution in [3.8, 4) is 0 Å². The summed E-state index contributed by atoms with van der Waals surface area (Å²) in [5.41, 5.74) is 1.12. The summed E-state index contributed by atoms with van der Waals surface area (Å²) in [6.45, 7) is 9.05. The van der Waals surface area contributed by atoms with Crippen LogP contribution >= 0.6 is 0 Å². The van der Waals surface area contributed by atoms with Gasteiger partial charge in [-0.15, -0.1) is 0 Å². The second-order valence-corrected chi connectivity index (χ2v) is 5.71. The summed E-state index contributed by atoms with van der Waals surface area (Å²) in [6, 6.07) is 10.1. The molecular formula is C14H20NOSe. The van der Waals surface area contributed by atoms with Crippen LogP contribution in [-0.4, -0.2) is 27.2 Å². The number of hydrogen-bond acceptors (Lipinski definition) is 2. The van der Waals surface area contributed by atoms with Gasteiger partial charge in [0.25, 0.3) is 0 Å². The molecule has 0 fully saturated rings. The molecule has 2 nitrogen and oxygen atoms in total. The molecule has 1 rings (SSSR count). The topological polar surface area (TPSA) is 21.6 Å². The minimum atomic E-state index is -0.211. The molecule has 1 atom stereocenters. The third-order valence-corrected chi connectivity index (χ3v) is 3.79. The van der Waals surface area contributed by atoms with Crippen LogP contribution in [0.3, 0.4) is 0 Å². The Morgan fingerprint density at radius 1 is 1.29 bits per heavy atom. The molecule has 0 aliphatic heterocycles. The van der Waals surface area contributed by atoms with Crippen molar-refractivity contribution < 1.29 is 4.74 Å². The maximum absolute atomic E-state index is 5.69. The first-order chi connectivity index (χ1) is 7.95. The third-order valence-electron chi connectivity index (χ3n) is 2.29. The number of hydrogen-bond donors (Lipinski definition) is 0. The molecule has 0 saturated heterocycles. The van der Waals surface area contributed by atoms with Gasteiger partial charge in [0.05, 0.1) is 0 Å². The number of rotatable bonds is 4. The summed E-state index contributed by atoms with van der Waals surface area (Å²) < 4.78 is 6.67. The average molecular weight is 297 g/mol. The monoisotopic (exact) mass is 298 g/mol. The molecule has 0 amide bonds. The van der Waals surface area contributed by atoms with E-state index in [4.69, 9.17) is 4.74 Å². The van der Waals surface area contributed by atoms with E-state index < -0.39 is 0 Å². The quantitative estimate of drug-likeness (QED) is 0.617. The average Bonchev–Trinajstić information content (AvgIpc) is 2.28. The van der Waals surface area contributed by atoms with E-state index in [1.165, 1.54) is 0 Å². The summed E-state index contributed by atoms with van der Waals surface area (Å²) in [4.78, 5) is 4.65. The Hall–Kier alpha value is -0.631. The van der Waals surface area contributed by atoms with Gasteiger partial charge in [0.15, 0.2) is 0 Å². The summed E-state index contributed by atoms with van der Waals surface area (Å²) in [5.74, 6) is 0. The Bertz CT molecular complexity index is 368. The van der Waals surface area contributed by atoms with Crippen LogP contribution in [0.4, 0.5) is 0 Å². The van der Waals surface area contributed by atoms with E-state index in [0.717, 1.165) is 10.2 Å². The standard InChI is InChI=1S/C14H20NOSe/c1-5-16-12(11-9-7-6-8-10-11)15-13(17)14(2,3)4/h6-10,12H,5H2,1-4H3/b15-13-. The van der Waals surface area contributed by atoms with Gasteiger partial charge in [0.1, 0.15) is 0 Å². The van der Waals surface area contributed by atoms with Crippen molar-refractivity contribution in [3.05, 3.63) is 35.9 Å². The van der Waals surface area contributed by atoms with Gasteiger partial charge in [-0.25, -0.2) is 0 Å². The van der Waals surface area contributed by atoms with E-state index in [-0.39, 0.29) is 11.6 Å². The summed E-state index contributed by atoms with van der Waals surface area (Å²) in [6.07, 6.45) is -0.211. The van der Waals surface area contributed by atoms with Gasteiger partial charge in [-0.1, -0.05) is 0 Å². The van der Waals surface area contributed by atoms with Gasteiger partial charge in [-0.3, -0.25) is 0 Å².